The molecule has 0 aliphatic carbocycles. The van der Waals surface area contributed by atoms with E-state index in [9.17, 15) is 24.3 Å². The number of urea groups is 1. The Labute approximate surface area is 292 Å². The van der Waals surface area contributed by atoms with Crippen LogP contribution in [0.25, 0.3) is 9.69 Å². The van der Waals surface area contributed by atoms with E-state index in [1.165, 1.54) is 28.8 Å². The Balaban J connectivity index is -0.000000489. The number of anilines is 2. The first-order valence-electron chi connectivity index (χ1n) is 12.0. The molecule has 2 heterocycles. The molecule has 0 saturated carbocycles. The minimum Gasteiger partial charge on any atom is -0.540 e. The van der Waals surface area contributed by atoms with Gasteiger partial charge < -0.3 is 31.6 Å². The molecule has 0 aliphatic heterocycles. The summed E-state index contributed by atoms with van der Waals surface area (Å²) in [5.74, 6) is -1.57. The predicted octanol–water partition coefficient (Wildman–Crippen LogP) is 1.45. The Kier molecular flexibility index (Phi) is 27.5. The van der Waals surface area contributed by atoms with Crippen LogP contribution in [-0.4, -0.2) is 43.6 Å². The average Bonchev–Trinajstić information content (AvgIpc) is 3.54. The molecule has 0 radical (unpaired) electrons. The summed E-state index contributed by atoms with van der Waals surface area (Å²) in [7, 11) is 0. The molecule has 2 aromatic rings. The van der Waals surface area contributed by atoms with Crippen molar-refractivity contribution in [1.29, 1.82) is 0 Å². The maximum absolute atomic E-state index is 11.3. The Hall–Kier alpha value is -2.59. The molecule has 0 bridgehead atoms. The van der Waals surface area contributed by atoms with Gasteiger partial charge in [-0.3, -0.25) is 4.79 Å². The molecule has 2 aromatic heterocycles. The number of carboxylic acid groups (broad SMARTS) is 1. The number of nitrogens with two attached hydrogens (primary N) is 1. The van der Waals surface area contributed by atoms with Crippen LogP contribution in [0.5, 0.6) is 0 Å². The van der Waals surface area contributed by atoms with Crippen molar-refractivity contribution in [1.82, 2.24) is 10.6 Å². The van der Waals surface area contributed by atoms with Crippen LogP contribution in [0, 0.1) is 30.9 Å². The van der Waals surface area contributed by atoms with Crippen molar-refractivity contribution in [3.63, 3.8) is 0 Å². The van der Waals surface area contributed by atoms with Crippen molar-refractivity contribution >= 4 is 68.0 Å². The fraction of sp³-hybridized carbons (Fsp3) is 0.462. The summed E-state index contributed by atoms with van der Waals surface area (Å²) in [5.41, 5.74) is 6.52. The maximum Gasteiger partial charge on any atom is 1.00 e. The number of thiophene rings is 2. The number of carbonyl (C=O) groups is 3. The quantitative estimate of drug-likeness (QED) is 0.119. The zero-order valence-electron chi connectivity index (χ0n) is 24.4. The van der Waals surface area contributed by atoms with Crippen molar-refractivity contribution in [3.05, 3.63) is 45.7 Å². The van der Waals surface area contributed by atoms with Crippen molar-refractivity contribution in [3.8, 4) is 0 Å². The summed E-state index contributed by atoms with van der Waals surface area (Å²) in [6.07, 6.45) is 1.47. The molecular weight excluding hydrogens is 594 g/mol. The average molecular weight is 630 g/mol. The second-order valence-electron chi connectivity index (χ2n) is 9.05. The van der Waals surface area contributed by atoms with Gasteiger partial charge in [0.05, 0.1) is 29.7 Å². The second-order valence-corrected chi connectivity index (χ2v) is 10.9. The zero-order chi connectivity index (χ0) is 31.1. The van der Waals surface area contributed by atoms with Crippen LogP contribution in [0.3, 0.4) is 0 Å². The molecule has 0 saturated heterocycles. The third-order valence-corrected chi connectivity index (χ3v) is 5.32. The number of aliphatic imine (C=N–C) groups is 1. The fourth-order valence-corrected chi connectivity index (χ4v) is 3.17. The first kappa shape index (κ1) is 42.9. The summed E-state index contributed by atoms with van der Waals surface area (Å²) in [6, 6.07) is 3.10. The number of nitrogens with zero attached hydrogens (tertiary/aromatic N) is 3. The number of aliphatic carboxylic acids is 1. The summed E-state index contributed by atoms with van der Waals surface area (Å²) in [4.78, 5) is 50.6. The zero-order valence-corrected chi connectivity index (χ0v) is 29.2. The predicted molar refractivity (Wildman–Crippen MR) is 158 cm³/mol. The summed E-state index contributed by atoms with van der Waals surface area (Å²) in [5, 5.41) is 22.2. The SMILES string of the molecule is CC(C)CN=C=O.CC(C)CNC(=O)C(=O)[O-].[C-]#[N+]c1csc(N)c1.[C-]#[N+]c1csc(NC(=O)NCC(C)C)c1.[K+]. The van der Waals surface area contributed by atoms with Gasteiger partial charge in [0.1, 0.15) is 5.97 Å². The summed E-state index contributed by atoms with van der Waals surface area (Å²) >= 11 is 2.74. The minimum absolute atomic E-state index is 0. The van der Waals surface area contributed by atoms with Gasteiger partial charge in [-0.2, -0.15) is 0 Å². The Bertz CT molecular complexity index is 1180. The van der Waals surface area contributed by atoms with Crippen molar-refractivity contribution < 1.29 is 75.7 Å². The standard InChI is InChI=1S/C10H13N3OS.C6H11NO3.C5H4N2S.C5H9NO.K/c1-7(2)5-12-10(14)13-9-4-8(11-3)6-15-9;1-4(2)3-7-5(8)6(9)10;1-7-4-2-5(6)8-3-4;1-5(2)3-6-4-7;/h4,6-7H,5H2,1-2H3,(H2,12,13,14);4H,3H2,1-2H3,(H,7,8)(H,9,10);2-3H,6H2;5H,3H2,1-2H3;/q;;;;+1/p-1. The van der Waals surface area contributed by atoms with E-state index in [1.807, 2.05) is 41.5 Å². The van der Waals surface area contributed by atoms with Crippen LogP contribution in [0.2, 0.25) is 0 Å². The van der Waals surface area contributed by atoms with Crippen molar-refractivity contribution in [2.24, 2.45) is 22.7 Å². The topological polar surface area (TPSA) is 175 Å². The largest absolute Gasteiger partial charge is 1.00 e. The van der Waals surface area contributed by atoms with E-state index < -0.39 is 11.9 Å². The number of carbonyl (C=O) groups excluding carboxylic acids is 4. The van der Waals surface area contributed by atoms with E-state index in [0.29, 0.717) is 52.8 Å². The van der Waals surface area contributed by atoms with E-state index in [4.69, 9.17) is 18.9 Å². The van der Waals surface area contributed by atoms with E-state index in [0.717, 1.165) is 0 Å². The number of amides is 3. The van der Waals surface area contributed by atoms with E-state index in [2.05, 4.69) is 30.6 Å². The minimum atomic E-state index is -1.68. The van der Waals surface area contributed by atoms with Crippen molar-refractivity contribution in [2.45, 2.75) is 41.5 Å². The van der Waals surface area contributed by atoms with Crippen LogP contribution >= 0.6 is 22.7 Å². The van der Waals surface area contributed by atoms with Crippen molar-refractivity contribution in [2.75, 3.05) is 30.7 Å². The molecule has 41 heavy (non-hydrogen) atoms. The van der Waals surface area contributed by atoms with Gasteiger partial charge in [0.25, 0.3) is 5.91 Å². The number of nitrogens with one attached hydrogen (secondary N) is 3. The molecule has 0 atom stereocenters. The molecule has 2 rings (SSSR count). The number of isocyanates is 1. The van der Waals surface area contributed by atoms with Crippen LogP contribution < -0.4 is 78.2 Å². The second kappa shape index (κ2) is 26.3. The van der Waals surface area contributed by atoms with Gasteiger partial charge in [-0.25, -0.2) is 24.3 Å². The first-order chi connectivity index (χ1) is 18.7. The molecule has 218 valence electrons. The van der Waals surface area contributed by atoms with E-state index >= 15 is 0 Å². The van der Waals surface area contributed by atoms with Gasteiger partial charge in [0.2, 0.25) is 6.08 Å². The summed E-state index contributed by atoms with van der Waals surface area (Å²) < 4.78 is 0. The molecular formula is C26H36KN7O5S2. The molecule has 15 heteroatoms. The molecule has 5 N–H and O–H groups in total. The maximum atomic E-state index is 11.3. The number of nitrogen functional groups attached to an aromatic ring is 1. The molecule has 0 unspecified atom stereocenters. The van der Waals surface area contributed by atoms with Crippen LogP contribution in [0.1, 0.15) is 41.5 Å². The summed E-state index contributed by atoms with van der Waals surface area (Å²) in [6.45, 7) is 26.7. The molecule has 0 spiro atoms. The third-order valence-electron chi connectivity index (χ3n) is 3.73. The van der Waals surface area contributed by atoms with Gasteiger partial charge >= 0.3 is 57.4 Å². The fourth-order valence-electron chi connectivity index (χ4n) is 1.89. The number of hydrogen-bond acceptors (Lipinski definition) is 9. The van der Waals surface area contributed by atoms with Gasteiger partial charge in [0.15, 0.2) is 11.4 Å². The van der Waals surface area contributed by atoms with Gasteiger partial charge in [-0.1, -0.05) is 41.5 Å². The molecule has 0 aliphatic rings. The van der Waals surface area contributed by atoms with E-state index in [-0.39, 0.29) is 63.3 Å². The molecule has 0 aromatic carbocycles. The molecule has 12 nitrogen and oxygen atoms in total. The smallest absolute Gasteiger partial charge is 0.540 e. The number of carboxylic acids is 1. The number of rotatable bonds is 7. The Morgan fingerprint density at radius 2 is 1.46 bits per heavy atom. The third kappa shape index (κ3) is 27.4. The molecule has 3 amide bonds. The Morgan fingerprint density at radius 1 is 0.951 bits per heavy atom. The van der Waals surface area contributed by atoms with Crippen LogP contribution in [-0.2, 0) is 14.4 Å². The molecule has 0 fully saturated rings. The first-order valence-corrected chi connectivity index (χ1v) is 13.8. The Morgan fingerprint density at radius 3 is 1.80 bits per heavy atom. The monoisotopic (exact) mass is 629 g/mol. The van der Waals surface area contributed by atoms with Gasteiger partial charge in [-0.15, -0.1) is 22.7 Å². The van der Waals surface area contributed by atoms with Crippen LogP contribution in [0.4, 0.5) is 26.2 Å². The van der Waals surface area contributed by atoms with E-state index in [1.54, 1.807) is 22.9 Å². The number of hydrogen-bond donors (Lipinski definition) is 4. The van der Waals surface area contributed by atoms with Gasteiger partial charge in [0, 0.05) is 13.1 Å². The van der Waals surface area contributed by atoms with Crippen LogP contribution in [0.15, 0.2) is 27.9 Å². The normalized spacial score (nSPS) is 8.95. The van der Waals surface area contributed by atoms with Gasteiger partial charge in [-0.05, 0) is 40.6 Å².